The number of piperazine rings is 1. The number of H-pyrrole nitrogens is 1. The number of rotatable bonds is 3. The largest absolute Gasteiger partial charge is 0.352 e. The van der Waals surface area contributed by atoms with Crippen LogP contribution in [0.4, 0.5) is 5.82 Å². The van der Waals surface area contributed by atoms with Gasteiger partial charge in [0.15, 0.2) is 5.82 Å². The summed E-state index contributed by atoms with van der Waals surface area (Å²) in [5, 5.41) is 9.59. The lowest BCUT2D eigenvalue weighted by Gasteiger charge is -2.34. The lowest BCUT2D eigenvalue weighted by Crippen LogP contribution is -2.49. The fourth-order valence-electron chi connectivity index (χ4n) is 3.02. The number of aryl methyl sites for hydroxylation is 1. The highest BCUT2D eigenvalue weighted by molar-refractivity contribution is 7.13. The van der Waals surface area contributed by atoms with E-state index in [2.05, 4.69) is 32.6 Å². The number of hydrogen-bond acceptors (Lipinski definition) is 4. The average molecular weight is 341 g/mol. The summed E-state index contributed by atoms with van der Waals surface area (Å²) in [5.74, 6) is 1.05. The molecular formula is C17H19N5OS. The van der Waals surface area contributed by atoms with Crippen LogP contribution in [-0.4, -0.2) is 51.8 Å². The third kappa shape index (κ3) is 2.71. The Hall–Kier alpha value is -2.54. The first kappa shape index (κ1) is 15.0. The highest BCUT2D eigenvalue weighted by atomic mass is 32.1. The van der Waals surface area contributed by atoms with Gasteiger partial charge in [-0.15, -0.1) is 11.3 Å². The number of nitrogens with zero attached hydrogens (tertiary/aromatic N) is 4. The van der Waals surface area contributed by atoms with Crippen LogP contribution in [0.2, 0.25) is 0 Å². The normalized spacial score (nSPS) is 15.0. The lowest BCUT2D eigenvalue weighted by molar-refractivity contribution is 0.0737. The molecule has 0 unspecified atom stereocenters. The Morgan fingerprint density at radius 2 is 2.04 bits per heavy atom. The second-order valence-electron chi connectivity index (χ2n) is 5.90. The average Bonchev–Trinajstić information content (AvgIpc) is 3.35. The Bertz CT molecular complexity index is 827. The maximum atomic E-state index is 12.6. The SMILES string of the molecule is Cn1cccc1C(=O)N1CCN(c2cc(-c3cccs3)[nH]n2)CC1. The van der Waals surface area contributed by atoms with Gasteiger partial charge in [0.05, 0.1) is 10.6 Å². The fourth-order valence-corrected chi connectivity index (χ4v) is 3.71. The van der Waals surface area contributed by atoms with E-state index in [4.69, 9.17) is 0 Å². The first-order valence-corrected chi connectivity index (χ1v) is 8.85. The van der Waals surface area contributed by atoms with Crippen molar-refractivity contribution in [1.29, 1.82) is 0 Å². The van der Waals surface area contributed by atoms with Gasteiger partial charge < -0.3 is 14.4 Å². The van der Waals surface area contributed by atoms with Gasteiger partial charge in [0.25, 0.3) is 5.91 Å². The van der Waals surface area contributed by atoms with E-state index in [1.54, 1.807) is 11.3 Å². The molecule has 1 fully saturated rings. The highest BCUT2D eigenvalue weighted by Gasteiger charge is 2.24. The van der Waals surface area contributed by atoms with Gasteiger partial charge >= 0.3 is 0 Å². The maximum absolute atomic E-state index is 12.6. The monoisotopic (exact) mass is 341 g/mol. The second kappa shape index (κ2) is 6.16. The van der Waals surface area contributed by atoms with Crippen molar-refractivity contribution < 1.29 is 4.79 Å². The molecule has 0 aliphatic carbocycles. The Morgan fingerprint density at radius 3 is 2.71 bits per heavy atom. The minimum atomic E-state index is 0.100. The summed E-state index contributed by atoms with van der Waals surface area (Å²) in [6, 6.07) is 9.97. The molecule has 1 N–H and O–H groups in total. The van der Waals surface area contributed by atoms with Gasteiger partial charge in [-0.3, -0.25) is 9.89 Å². The molecule has 0 saturated carbocycles. The minimum Gasteiger partial charge on any atom is -0.352 e. The highest BCUT2D eigenvalue weighted by Crippen LogP contribution is 2.26. The number of carbonyl (C=O) groups excluding carboxylic acids is 1. The number of carbonyl (C=O) groups is 1. The minimum absolute atomic E-state index is 0.100. The van der Waals surface area contributed by atoms with Gasteiger partial charge in [-0.25, -0.2) is 0 Å². The maximum Gasteiger partial charge on any atom is 0.270 e. The topological polar surface area (TPSA) is 57.2 Å². The summed E-state index contributed by atoms with van der Waals surface area (Å²) in [6.45, 7) is 3.02. The number of hydrogen-bond donors (Lipinski definition) is 1. The molecule has 6 nitrogen and oxygen atoms in total. The molecule has 0 bridgehead atoms. The van der Waals surface area contributed by atoms with Gasteiger partial charge in [-0.1, -0.05) is 6.07 Å². The van der Waals surface area contributed by atoms with Crippen molar-refractivity contribution in [2.24, 2.45) is 7.05 Å². The molecular weight excluding hydrogens is 322 g/mol. The predicted molar refractivity (Wildman–Crippen MR) is 95.4 cm³/mol. The third-order valence-electron chi connectivity index (χ3n) is 4.40. The molecule has 1 aliphatic heterocycles. The predicted octanol–water partition coefficient (Wildman–Crippen LogP) is 2.44. The van der Waals surface area contributed by atoms with E-state index in [0.29, 0.717) is 13.1 Å². The molecule has 3 aromatic rings. The Kier molecular flexibility index (Phi) is 3.86. The van der Waals surface area contributed by atoms with Crippen LogP contribution in [-0.2, 0) is 7.05 Å². The van der Waals surface area contributed by atoms with E-state index < -0.39 is 0 Å². The Labute approximate surface area is 144 Å². The summed E-state index contributed by atoms with van der Waals surface area (Å²) >= 11 is 1.70. The van der Waals surface area contributed by atoms with Crippen molar-refractivity contribution >= 4 is 23.1 Å². The van der Waals surface area contributed by atoms with Crippen molar-refractivity contribution in [3.63, 3.8) is 0 Å². The first-order chi connectivity index (χ1) is 11.7. The molecule has 0 aromatic carbocycles. The van der Waals surface area contributed by atoms with Crippen LogP contribution in [0.5, 0.6) is 0 Å². The van der Waals surface area contributed by atoms with Gasteiger partial charge in [0, 0.05) is 45.5 Å². The molecule has 7 heteroatoms. The standard InChI is InChI=1S/C17H19N5OS/c1-20-6-2-4-14(20)17(23)22-9-7-21(8-10-22)16-12-13(18-19-16)15-5-3-11-24-15/h2-6,11-12H,7-10H2,1H3,(H,18,19). The number of amides is 1. The molecule has 24 heavy (non-hydrogen) atoms. The smallest absolute Gasteiger partial charge is 0.270 e. The van der Waals surface area contributed by atoms with E-state index in [1.165, 1.54) is 4.88 Å². The van der Waals surface area contributed by atoms with Crippen LogP contribution in [0.3, 0.4) is 0 Å². The summed E-state index contributed by atoms with van der Waals surface area (Å²) in [6.07, 6.45) is 1.90. The van der Waals surface area contributed by atoms with Crippen molar-refractivity contribution in [2.45, 2.75) is 0 Å². The van der Waals surface area contributed by atoms with E-state index >= 15 is 0 Å². The zero-order chi connectivity index (χ0) is 16.5. The molecule has 1 saturated heterocycles. The lowest BCUT2D eigenvalue weighted by atomic mass is 10.2. The number of anilines is 1. The van der Waals surface area contributed by atoms with Crippen LogP contribution >= 0.6 is 11.3 Å². The zero-order valence-electron chi connectivity index (χ0n) is 13.5. The van der Waals surface area contributed by atoms with Gasteiger partial charge in [0.2, 0.25) is 0 Å². The molecule has 124 valence electrons. The van der Waals surface area contributed by atoms with E-state index in [-0.39, 0.29) is 5.91 Å². The first-order valence-electron chi connectivity index (χ1n) is 7.97. The third-order valence-corrected chi connectivity index (χ3v) is 5.31. The molecule has 0 radical (unpaired) electrons. The van der Waals surface area contributed by atoms with Crippen LogP contribution < -0.4 is 4.90 Å². The van der Waals surface area contributed by atoms with Crippen LogP contribution in [0.15, 0.2) is 41.9 Å². The summed E-state index contributed by atoms with van der Waals surface area (Å²) in [7, 11) is 1.90. The Balaban J connectivity index is 1.41. The van der Waals surface area contributed by atoms with Crippen LogP contribution in [0.1, 0.15) is 10.5 Å². The van der Waals surface area contributed by atoms with Gasteiger partial charge in [-0.05, 0) is 23.6 Å². The summed E-state index contributed by atoms with van der Waals surface area (Å²) in [4.78, 5) is 17.9. The second-order valence-corrected chi connectivity index (χ2v) is 6.85. The molecule has 1 amide bonds. The summed E-state index contributed by atoms with van der Waals surface area (Å²) in [5.41, 5.74) is 1.78. The van der Waals surface area contributed by atoms with E-state index in [0.717, 1.165) is 30.3 Å². The van der Waals surface area contributed by atoms with Gasteiger partial charge in [-0.2, -0.15) is 5.10 Å². The van der Waals surface area contributed by atoms with Crippen LogP contribution in [0, 0.1) is 0 Å². The summed E-state index contributed by atoms with van der Waals surface area (Å²) < 4.78 is 1.87. The van der Waals surface area contributed by atoms with E-state index in [1.807, 2.05) is 40.9 Å². The van der Waals surface area contributed by atoms with Crippen molar-refractivity contribution in [2.75, 3.05) is 31.1 Å². The molecule has 0 atom stereocenters. The Morgan fingerprint density at radius 1 is 1.21 bits per heavy atom. The van der Waals surface area contributed by atoms with E-state index in [9.17, 15) is 4.79 Å². The van der Waals surface area contributed by atoms with Crippen molar-refractivity contribution in [3.8, 4) is 10.6 Å². The van der Waals surface area contributed by atoms with Crippen molar-refractivity contribution in [3.05, 3.63) is 47.6 Å². The van der Waals surface area contributed by atoms with Gasteiger partial charge in [0.1, 0.15) is 5.69 Å². The van der Waals surface area contributed by atoms with Crippen molar-refractivity contribution in [1.82, 2.24) is 19.7 Å². The molecule has 0 spiro atoms. The quantitative estimate of drug-likeness (QED) is 0.796. The number of aromatic amines is 1. The number of thiophene rings is 1. The zero-order valence-corrected chi connectivity index (χ0v) is 14.3. The number of aromatic nitrogens is 3. The van der Waals surface area contributed by atoms with Crippen LogP contribution in [0.25, 0.3) is 10.6 Å². The molecule has 3 aromatic heterocycles. The fraction of sp³-hybridized carbons (Fsp3) is 0.294. The molecule has 4 heterocycles. The molecule has 4 rings (SSSR count). The molecule has 1 aliphatic rings. The number of nitrogens with one attached hydrogen (secondary N) is 1.